The van der Waals surface area contributed by atoms with Gasteiger partial charge in [0.1, 0.15) is 6.10 Å². The van der Waals surface area contributed by atoms with Gasteiger partial charge in [0.15, 0.2) is 0 Å². The summed E-state index contributed by atoms with van der Waals surface area (Å²) in [5.41, 5.74) is -3.79. The number of carbonyl (C=O) groups excluding carboxylic acids is 1. The molecule has 27 heavy (non-hydrogen) atoms. The summed E-state index contributed by atoms with van der Waals surface area (Å²) in [6.07, 6.45) is -8.24. The van der Waals surface area contributed by atoms with Gasteiger partial charge in [-0.05, 0) is 55.2 Å². The Bertz CT molecular complexity index is 646. The van der Waals surface area contributed by atoms with Gasteiger partial charge < -0.3 is 4.74 Å². The van der Waals surface area contributed by atoms with Gasteiger partial charge in [-0.3, -0.25) is 0 Å². The van der Waals surface area contributed by atoms with Crippen molar-refractivity contribution in [3.8, 4) is 0 Å². The first-order valence-electron chi connectivity index (χ1n) is 8.79. The Morgan fingerprint density at radius 1 is 1.00 bits per heavy atom. The molecule has 1 aliphatic rings. The highest BCUT2D eigenvalue weighted by Gasteiger charge is 2.38. The Morgan fingerprint density at radius 3 is 1.96 bits per heavy atom. The van der Waals surface area contributed by atoms with Gasteiger partial charge in [-0.15, -0.1) is 0 Å². The fraction of sp³-hybridized carbons (Fsp3) is 0.632. The van der Waals surface area contributed by atoms with Crippen LogP contribution < -0.4 is 0 Å². The molecule has 152 valence electrons. The van der Waals surface area contributed by atoms with Gasteiger partial charge in [0.25, 0.3) is 0 Å². The van der Waals surface area contributed by atoms with Crippen LogP contribution in [-0.2, 0) is 17.1 Å². The fourth-order valence-corrected chi connectivity index (χ4v) is 3.36. The van der Waals surface area contributed by atoms with Gasteiger partial charge in [0, 0.05) is 0 Å². The lowest BCUT2D eigenvalue weighted by molar-refractivity contribution is -0.143. The van der Waals surface area contributed by atoms with Gasteiger partial charge in [-0.2, -0.15) is 26.3 Å². The van der Waals surface area contributed by atoms with E-state index in [0.717, 1.165) is 12.8 Å². The summed E-state index contributed by atoms with van der Waals surface area (Å²) in [4.78, 5) is 12.3. The van der Waals surface area contributed by atoms with E-state index in [1.165, 1.54) is 0 Å². The van der Waals surface area contributed by atoms with Gasteiger partial charge >= 0.3 is 18.3 Å². The number of hydrogen-bond acceptors (Lipinski definition) is 2. The quantitative estimate of drug-likeness (QED) is 0.440. The molecule has 0 N–H and O–H groups in total. The van der Waals surface area contributed by atoms with Gasteiger partial charge in [-0.25, -0.2) is 4.79 Å². The Kier molecular flexibility index (Phi) is 6.16. The molecular weight excluding hydrogens is 374 g/mol. The molecule has 1 aromatic carbocycles. The summed E-state index contributed by atoms with van der Waals surface area (Å²) in [6, 6.07) is 0.810. The number of ether oxygens (including phenoxy) is 1. The normalized spacial score (nSPS) is 24.1. The average Bonchev–Trinajstić information content (AvgIpc) is 2.54. The topological polar surface area (TPSA) is 26.3 Å². The number of hydrogen-bond donors (Lipinski definition) is 0. The number of halogens is 6. The van der Waals surface area contributed by atoms with Crippen LogP contribution in [0.2, 0.25) is 0 Å². The van der Waals surface area contributed by atoms with Crippen molar-refractivity contribution in [3.05, 3.63) is 34.9 Å². The molecule has 0 aliphatic heterocycles. The molecule has 0 radical (unpaired) electrons. The third-order valence-corrected chi connectivity index (χ3v) is 5.19. The molecule has 1 saturated carbocycles. The number of esters is 1. The van der Waals surface area contributed by atoms with Crippen molar-refractivity contribution in [2.45, 2.75) is 58.5 Å². The number of rotatable bonds is 3. The highest BCUT2D eigenvalue weighted by atomic mass is 19.4. The van der Waals surface area contributed by atoms with Crippen LogP contribution in [-0.4, -0.2) is 12.1 Å². The molecule has 0 heterocycles. The number of benzene rings is 1. The van der Waals surface area contributed by atoms with E-state index in [2.05, 4.69) is 0 Å². The molecule has 0 amide bonds. The van der Waals surface area contributed by atoms with Crippen LogP contribution in [0.15, 0.2) is 18.2 Å². The molecule has 0 bridgehead atoms. The van der Waals surface area contributed by atoms with Gasteiger partial charge in [0.2, 0.25) is 0 Å². The van der Waals surface area contributed by atoms with Crippen LogP contribution >= 0.6 is 0 Å². The Balaban J connectivity index is 2.29. The molecule has 0 aromatic heterocycles. The van der Waals surface area contributed by atoms with Crippen LogP contribution in [0.5, 0.6) is 0 Å². The Hall–Kier alpha value is -1.73. The lowest BCUT2D eigenvalue weighted by Crippen LogP contribution is -2.34. The predicted molar refractivity (Wildman–Crippen MR) is 87.0 cm³/mol. The first-order chi connectivity index (χ1) is 12.3. The van der Waals surface area contributed by atoms with Crippen molar-refractivity contribution in [3.63, 3.8) is 0 Å². The summed E-state index contributed by atoms with van der Waals surface area (Å²) in [5.74, 6) is -0.514. The largest absolute Gasteiger partial charge is 0.458 e. The van der Waals surface area contributed by atoms with Crippen LogP contribution in [0.4, 0.5) is 26.3 Å². The van der Waals surface area contributed by atoms with E-state index >= 15 is 0 Å². The van der Waals surface area contributed by atoms with E-state index < -0.39 is 41.1 Å². The molecule has 1 aromatic rings. The molecule has 2 nitrogen and oxygen atoms in total. The highest BCUT2D eigenvalue weighted by molar-refractivity contribution is 5.90. The minimum absolute atomic E-state index is 0.00293. The van der Waals surface area contributed by atoms with Crippen LogP contribution in [0, 0.1) is 17.8 Å². The zero-order chi connectivity index (χ0) is 20.6. The van der Waals surface area contributed by atoms with E-state index in [1.807, 2.05) is 20.8 Å². The number of carbonyl (C=O) groups is 1. The van der Waals surface area contributed by atoms with E-state index in [0.29, 0.717) is 30.4 Å². The monoisotopic (exact) mass is 396 g/mol. The molecule has 0 spiro atoms. The van der Waals surface area contributed by atoms with E-state index in [9.17, 15) is 31.1 Å². The predicted octanol–water partition coefficient (Wildman–Crippen LogP) is 6.34. The van der Waals surface area contributed by atoms with Gasteiger partial charge in [-0.1, -0.05) is 20.8 Å². The van der Waals surface area contributed by atoms with Crippen molar-refractivity contribution >= 4 is 5.97 Å². The maximum Gasteiger partial charge on any atom is 0.416 e. The summed E-state index contributed by atoms with van der Waals surface area (Å²) in [5, 5.41) is 0. The average molecular weight is 396 g/mol. The Labute approximate surface area is 153 Å². The van der Waals surface area contributed by atoms with Crippen molar-refractivity contribution in [2.75, 3.05) is 0 Å². The second-order valence-electron chi connectivity index (χ2n) is 7.53. The van der Waals surface area contributed by atoms with E-state index in [-0.39, 0.29) is 12.0 Å². The molecule has 2 unspecified atom stereocenters. The van der Waals surface area contributed by atoms with Crippen molar-refractivity contribution in [1.29, 1.82) is 0 Å². The second kappa shape index (κ2) is 7.72. The first-order valence-corrected chi connectivity index (χ1v) is 8.79. The van der Waals surface area contributed by atoms with Crippen molar-refractivity contribution < 1.29 is 35.9 Å². The molecule has 1 aliphatic carbocycles. The molecule has 3 atom stereocenters. The lowest BCUT2D eigenvalue weighted by Gasteiger charge is -2.35. The summed E-state index contributed by atoms with van der Waals surface area (Å²) in [6.45, 7) is 5.92. The summed E-state index contributed by atoms with van der Waals surface area (Å²) < 4.78 is 83.0. The number of alkyl halides is 6. The maximum atomic E-state index is 12.9. The Morgan fingerprint density at radius 2 is 1.52 bits per heavy atom. The minimum Gasteiger partial charge on any atom is -0.458 e. The zero-order valence-corrected chi connectivity index (χ0v) is 15.2. The van der Waals surface area contributed by atoms with Gasteiger partial charge in [0.05, 0.1) is 16.7 Å². The van der Waals surface area contributed by atoms with Crippen molar-refractivity contribution in [2.24, 2.45) is 17.8 Å². The van der Waals surface area contributed by atoms with Crippen LogP contribution in [0.25, 0.3) is 0 Å². The zero-order valence-electron chi connectivity index (χ0n) is 15.2. The molecule has 1 fully saturated rings. The second-order valence-corrected chi connectivity index (χ2v) is 7.53. The highest BCUT2D eigenvalue weighted by Crippen LogP contribution is 2.38. The first kappa shape index (κ1) is 21.6. The minimum atomic E-state index is -5.00. The third-order valence-electron chi connectivity index (χ3n) is 5.19. The third kappa shape index (κ3) is 5.39. The maximum absolute atomic E-state index is 12.9. The summed E-state index contributed by atoms with van der Waals surface area (Å²) >= 11 is 0. The SMILES string of the molecule is CC(C)C1CC[C@@H](C)C(OC(=O)c2cc(C(F)(F)F)cc(C(F)(F)F)c2)C1. The standard InChI is InChI=1S/C19H22F6O2/c1-10(2)12-5-4-11(3)16(8-12)27-17(26)13-6-14(18(20,21)22)9-15(7-13)19(23,24)25/h6-7,9-12,16H,4-5,8H2,1-3H3/t11-,12?,16?/m1/s1. The smallest absolute Gasteiger partial charge is 0.416 e. The van der Waals surface area contributed by atoms with Crippen LogP contribution in [0.1, 0.15) is 61.5 Å². The molecule has 8 heteroatoms. The summed E-state index contributed by atoms with van der Waals surface area (Å²) in [7, 11) is 0. The molecular formula is C19H22F6O2. The van der Waals surface area contributed by atoms with E-state index in [1.54, 1.807) is 0 Å². The van der Waals surface area contributed by atoms with E-state index in [4.69, 9.17) is 4.74 Å². The van der Waals surface area contributed by atoms with Crippen molar-refractivity contribution in [1.82, 2.24) is 0 Å². The molecule has 2 rings (SSSR count). The fourth-order valence-electron chi connectivity index (χ4n) is 3.36. The molecule has 0 saturated heterocycles. The lowest BCUT2D eigenvalue weighted by atomic mass is 9.76. The van der Waals surface area contributed by atoms with Crippen LogP contribution in [0.3, 0.4) is 0 Å².